The van der Waals surface area contributed by atoms with Crippen LogP contribution in [0, 0.1) is 11.3 Å². The number of amides is 2. The molecule has 2 N–H and O–H groups in total. The number of rotatable bonds is 5. The molecule has 7 heteroatoms. The van der Waals surface area contributed by atoms with Crippen LogP contribution in [0.1, 0.15) is 11.1 Å². The highest BCUT2D eigenvalue weighted by Gasteiger charge is 2.04. The Morgan fingerprint density at radius 1 is 1.16 bits per heavy atom. The molecule has 25 heavy (non-hydrogen) atoms. The van der Waals surface area contributed by atoms with Crippen molar-refractivity contribution in [2.75, 3.05) is 6.61 Å². The summed E-state index contributed by atoms with van der Waals surface area (Å²) in [4.78, 5) is 23.3. The third kappa shape index (κ3) is 6.49. The van der Waals surface area contributed by atoms with Gasteiger partial charge in [-0.05, 0) is 48.0 Å². The van der Waals surface area contributed by atoms with Crippen molar-refractivity contribution >= 4 is 33.8 Å². The van der Waals surface area contributed by atoms with Gasteiger partial charge in [-0.2, -0.15) is 5.26 Å². The highest BCUT2D eigenvalue weighted by Crippen LogP contribution is 2.12. The smallest absolute Gasteiger partial charge is 0.276 e. The van der Waals surface area contributed by atoms with Crippen LogP contribution in [-0.2, 0) is 9.59 Å². The fraction of sp³-hybridized carbons (Fsp3) is 0.0556. The van der Waals surface area contributed by atoms with Gasteiger partial charge in [-0.1, -0.05) is 28.1 Å². The Hall–Kier alpha value is -3.11. The fourth-order valence-corrected chi connectivity index (χ4v) is 2.18. The van der Waals surface area contributed by atoms with E-state index in [9.17, 15) is 9.59 Å². The normalized spacial score (nSPS) is 10.1. The lowest BCUT2D eigenvalue weighted by Gasteiger charge is -2.07. The van der Waals surface area contributed by atoms with Crippen LogP contribution >= 0.6 is 15.9 Å². The molecule has 0 fully saturated rings. The van der Waals surface area contributed by atoms with E-state index in [0.717, 1.165) is 10.0 Å². The molecule has 0 radical (unpaired) electrons. The van der Waals surface area contributed by atoms with Crippen LogP contribution in [0.3, 0.4) is 0 Å². The van der Waals surface area contributed by atoms with Crippen LogP contribution in [-0.4, -0.2) is 18.4 Å². The SMILES string of the molecule is N#Cc1ccc(OCC(=O)NNC(=O)/C=C/c2cccc(Br)c2)cc1. The second-order valence-electron chi connectivity index (χ2n) is 4.85. The first kappa shape index (κ1) is 18.2. The zero-order valence-electron chi connectivity index (χ0n) is 13.0. The third-order valence-electron chi connectivity index (χ3n) is 2.95. The molecule has 0 aromatic heterocycles. The number of ether oxygens (including phenoxy) is 1. The predicted molar refractivity (Wildman–Crippen MR) is 96.1 cm³/mol. The summed E-state index contributed by atoms with van der Waals surface area (Å²) in [5.41, 5.74) is 5.86. The zero-order valence-corrected chi connectivity index (χ0v) is 14.6. The maximum Gasteiger partial charge on any atom is 0.276 e. The van der Waals surface area contributed by atoms with E-state index in [-0.39, 0.29) is 6.61 Å². The molecule has 126 valence electrons. The molecule has 0 spiro atoms. The number of benzene rings is 2. The lowest BCUT2D eigenvalue weighted by atomic mass is 10.2. The summed E-state index contributed by atoms with van der Waals surface area (Å²) in [6, 6.07) is 15.8. The quantitative estimate of drug-likeness (QED) is 0.596. The third-order valence-corrected chi connectivity index (χ3v) is 3.45. The Morgan fingerprint density at radius 3 is 2.60 bits per heavy atom. The van der Waals surface area contributed by atoms with Crippen LogP contribution in [0.2, 0.25) is 0 Å². The molecule has 0 unspecified atom stereocenters. The minimum atomic E-state index is -0.506. The molecule has 2 rings (SSSR count). The number of carbonyl (C=O) groups is 2. The van der Waals surface area contributed by atoms with E-state index in [4.69, 9.17) is 10.00 Å². The Kier molecular flexibility index (Phi) is 6.75. The van der Waals surface area contributed by atoms with Gasteiger partial charge in [-0.3, -0.25) is 20.4 Å². The number of hydrogen-bond donors (Lipinski definition) is 2. The Morgan fingerprint density at radius 2 is 1.92 bits per heavy atom. The highest BCUT2D eigenvalue weighted by atomic mass is 79.9. The van der Waals surface area contributed by atoms with Crippen molar-refractivity contribution in [3.63, 3.8) is 0 Å². The summed E-state index contributed by atoms with van der Waals surface area (Å²) >= 11 is 3.34. The number of hydrogen-bond acceptors (Lipinski definition) is 4. The van der Waals surface area contributed by atoms with Gasteiger partial charge in [-0.15, -0.1) is 0 Å². The van der Waals surface area contributed by atoms with Crippen LogP contribution in [0.5, 0.6) is 5.75 Å². The van der Waals surface area contributed by atoms with Gasteiger partial charge in [0.15, 0.2) is 6.61 Å². The van der Waals surface area contributed by atoms with Crippen molar-refractivity contribution in [2.45, 2.75) is 0 Å². The van der Waals surface area contributed by atoms with Gasteiger partial charge in [0.05, 0.1) is 11.6 Å². The summed E-state index contributed by atoms with van der Waals surface area (Å²) in [7, 11) is 0. The number of nitriles is 1. The van der Waals surface area contributed by atoms with E-state index in [1.54, 1.807) is 30.3 Å². The number of halogens is 1. The first-order valence-electron chi connectivity index (χ1n) is 7.22. The van der Waals surface area contributed by atoms with Gasteiger partial charge < -0.3 is 4.74 Å². The number of hydrazine groups is 1. The molecule has 0 saturated carbocycles. The average molecular weight is 400 g/mol. The molecule has 0 saturated heterocycles. The summed E-state index contributed by atoms with van der Waals surface area (Å²) in [5.74, 6) is -0.518. The molecular formula is C18H14BrN3O3. The highest BCUT2D eigenvalue weighted by molar-refractivity contribution is 9.10. The lowest BCUT2D eigenvalue weighted by Crippen LogP contribution is -2.43. The summed E-state index contributed by atoms with van der Waals surface area (Å²) in [5, 5.41) is 8.70. The van der Waals surface area contributed by atoms with Gasteiger partial charge in [-0.25, -0.2) is 0 Å². The molecule has 0 heterocycles. The molecule has 2 aromatic carbocycles. The molecule has 2 amide bonds. The minimum absolute atomic E-state index is 0.262. The van der Waals surface area contributed by atoms with E-state index in [1.165, 1.54) is 6.08 Å². The number of nitrogens with zero attached hydrogens (tertiary/aromatic N) is 1. The van der Waals surface area contributed by atoms with Gasteiger partial charge in [0, 0.05) is 10.5 Å². The molecule has 0 bridgehead atoms. The number of nitrogens with one attached hydrogen (secondary N) is 2. The maximum absolute atomic E-state index is 11.7. The molecule has 0 atom stereocenters. The first-order valence-corrected chi connectivity index (χ1v) is 8.01. The van der Waals surface area contributed by atoms with Gasteiger partial charge >= 0.3 is 0 Å². The van der Waals surface area contributed by atoms with Gasteiger partial charge in [0.1, 0.15) is 5.75 Å². The lowest BCUT2D eigenvalue weighted by molar-refractivity contribution is -0.128. The molecule has 0 aliphatic carbocycles. The second-order valence-corrected chi connectivity index (χ2v) is 5.77. The van der Waals surface area contributed by atoms with E-state index in [2.05, 4.69) is 26.8 Å². The zero-order chi connectivity index (χ0) is 18.1. The van der Waals surface area contributed by atoms with Crippen molar-refractivity contribution in [3.05, 3.63) is 70.2 Å². The maximum atomic E-state index is 11.7. The minimum Gasteiger partial charge on any atom is -0.484 e. The molecule has 6 nitrogen and oxygen atoms in total. The fourth-order valence-electron chi connectivity index (χ4n) is 1.77. The monoisotopic (exact) mass is 399 g/mol. The van der Waals surface area contributed by atoms with Crippen LogP contribution in [0.4, 0.5) is 0 Å². The average Bonchev–Trinajstić information content (AvgIpc) is 2.63. The van der Waals surface area contributed by atoms with Crippen molar-refractivity contribution in [3.8, 4) is 11.8 Å². The summed E-state index contributed by atoms with van der Waals surface area (Å²) < 4.78 is 6.15. The van der Waals surface area contributed by atoms with E-state index in [0.29, 0.717) is 11.3 Å². The van der Waals surface area contributed by atoms with E-state index >= 15 is 0 Å². The summed E-state index contributed by atoms with van der Waals surface area (Å²) in [6.45, 7) is -0.262. The Balaban J connectivity index is 1.73. The van der Waals surface area contributed by atoms with Crippen LogP contribution < -0.4 is 15.6 Å². The van der Waals surface area contributed by atoms with Gasteiger partial charge in [0.2, 0.25) is 0 Å². The van der Waals surface area contributed by atoms with Crippen molar-refractivity contribution in [1.82, 2.24) is 10.9 Å². The second kappa shape index (κ2) is 9.25. The van der Waals surface area contributed by atoms with Crippen molar-refractivity contribution < 1.29 is 14.3 Å². The predicted octanol–water partition coefficient (Wildman–Crippen LogP) is 2.56. The van der Waals surface area contributed by atoms with E-state index < -0.39 is 11.8 Å². The summed E-state index contributed by atoms with van der Waals surface area (Å²) in [6.07, 6.45) is 2.93. The molecule has 2 aromatic rings. The molecular weight excluding hydrogens is 386 g/mol. The van der Waals surface area contributed by atoms with Crippen molar-refractivity contribution in [2.24, 2.45) is 0 Å². The topological polar surface area (TPSA) is 91.2 Å². The van der Waals surface area contributed by atoms with Gasteiger partial charge in [0.25, 0.3) is 11.8 Å². The molecule has 0 aliphatic rings. The van der Waals surface area contributed by atoms with Crippen LogP contribution in [0.25, 0.3) is 6.08 Å². The Labute approximate surface area is 153 Å². The Bertz CT molecular complexity index is 826. The number of carbonyl (C=O) groups excluding carboxylic acids is 2. The van der Waals surface area contributed by atoms with E-state index in [1.807, 2.05) is 30.3 Å². The largest absolute Gasteiger partial charge is 0.484 e. The van der Waals surface area contributed by atoms with Crippen LogP contribution in [0.15, 0.2) is 59.1 Å². The standard InChI is InChI=1S/C18H14BrN3O3/c19-15-3-1-2-13(10-15)6-9-17(23)21-22-18(24)12-25-16-7-4-14(11-20)5-8-16/h1-10H,12H2,(H,21,23)(H,22,24)/b9-6+. The molecule has 0 aliphatic heterocycles. The van der Waals surface area contributed by atoms with Crippen molar-refractivity contribution in [1.29, 1.82) is 5.26 Å². The first-order chi connectivity index (χ1) is 12.1.